The highest BCUT2D eigenvalue weighted by atomic mass is 35.5. The maximum atomic E-state index is 11.2. The molecule has 1 rings (SSSR count). The summed E-state index contributed by atoms with van der Waals surface area (Å²) in [4.78, 5) is 11.2. The van der Waals surface area contributed by atoms with Crippen LogP contribution in [0.2, 0.25) is 5.02 Å². The van der Waals surface area contributed by atoms with Crippen molar-refractivity contribution >= 4 is 17.6 Å². The molecule has 0 fully saturated rings. The van der Waals surface area contributed by atoms with Crippen molar-refractivity contribution < 1.29 is 19.4 Å². The van der Waals surface area contributed by atoms with Crippen LogP contribution in [0.25, 0.3) is 0 Å². The highest BCUT2D eigenvalue weighted by Crippen LogP contribution is 2.36. The van der Waals surface area contributed by atoms with Gasteiger partial charge in [0.2, 0.25) is 0 Å². The molecule has 0 amide bonds. The zero-order valence-corrected chi connectivity index (χ0v) is 10.3. The number of hydrogen-bond acceptors (Lipinski definition) is 5. The van der Waals surface area contributed by atoms with Gasteiger partial charge in [0.25, 0.3) is 0 Å². The highest BCUT2D eigenvalue weighted by molar-refractivity contribution is 6.33. The van der Waals surface area contributed by atoms with Crippen molar-refractivity contribution in [3.63, 3.8) is 0 Å². The summed E-state index contributed by atoms with van der Waals surface area (Å²) in [5.74, 6) is -0.425. The predicted octanol–water partition coefficient (Wildman–Crippen LogP) is 1.10. The second-order valence-corrected chi connectivity index (χ2v) is 3.80. The number of carbonyl (C=O) groups is 1. The van der Waals surface area contributed by atoms with Crippen LogP contribution in [-0.2, 0) is 16.0 Å². The third kappa shape index (κ3) is 3.01. The van der Waals surface area contributed by atoms with Crippen molar-refractivity contribution in [2.75, 3.05) is 14.2 Å². The molecule has 1 atom stereocenters. The zero-order valence-electron chi connectivity index (χ0n) is 9.57. The van der Waals surface area contributed by atoms with Gasteiger partial charge in [0.1, 0.15) is 6.04 Å². The Morgan fingerprint density at radius 3 is 2.71 bits per heavy atom. The van der Waals surface area contributed by atoms with Crippen molar-refractivity contribution in [3.05, 3.63) is 22.7 Å². The number of esters is 1. The molecule has 0 spiro atoms. The SMILES string of the molecule is COC(=O)[C@H](N)Cc1ccc(OC)c(O)c1Cl. The summed E-state index contributed by atoms with van der Waals surface area (Å²) in [6.07, 6.45) is 0.184. The molecule has 1 aromatic carbocycles. The third-order valence-electron chi connectivity index (χ3n) is 2.32. The number of hydrogen-bond donors (Lipinski definition) is 2. The molecule has 0 unspecified atom stereocenters. The van der Waals surface area contributed by atoms with E-state index in [1.165, 1.54) is 14.2 Å². The molecular formula is C11H14ClNO4. The highest BCUT2D eigenvalue weighted by Gasteiger charge is 2.18. The lowest BCUT2D eigenvalue weighted by Crippen LogP contribution is -2.33. The summed E-state index contributed by atoms with van der Waals surface area (Å²) in [6, 6.07) is 2.38. The summed E-state index contributed by atoms with van der Waals surface area (Å²) in [6.45, 7) is 0. The Balaban J connectivity index is 2.93. The smallest absolute Gasteiger partial charge is 0.322 e. The van der Waals surface area contributed by atoms with Gasteiger partial charge in [-0.1, -0.05) is 17.7 Å². The van der Waals surface area contributed by atoms with Crippen LogP contribution in [0.1, 0.15) is 5.56 Å². The number of nitrogens with two attached hydrogens (primary N) is 1. The molecule has 0 aliphatic carbocycles. The minimum atomic E-state index is -0.815. The van der Waals surface area contributed by atoms with Gasteiger partial charge < -0.3 is 20.3 Å². The molecule has 5 nitrogen and oxygen atoms in total. The van der Waals surface area contributed by atoms with Gasteiger partial charge in [-0.3, -0.25) is 4.79 Å². The first kappa shape index (κ1) is 13.6. The fourth-order valence-corrected chi connectivity index (χ4v) is 1.62. The van der Waals surface area contributed by atoms with Crippen molar-refractivity contribution in [1.82, 2.24) is 0 Å². The van der Waals surface area contributed by atoms with Gasteiger partial charge in [-0.25, -0.2) is 0 Å². The first-order valence-electron chi connectivity index (χ1n) is 4.89. The Hall–Kier alpha value is -1.46. The molecule has 3 N–H and O–H groups in total. The molecule has 0 aromatic heterocycles. The Kier molecular flexibility index (Phi) is 4.60. The fraction of sp³-hybridized carbons (Fsp3) is 0.364. The van der Waals surface area contributed by atoms with E-state index >= 15 is 0 Å². The minimum absolute atomic E-state index is 0.128. The maximum absolute atomic E-state index is 11.2. The van der Waals surface area contributed by atoms with Gasteiger partial charge in [0.05, 0.1) is 19.2 Å². The van der Waals surface area contributed by atoms with E-state index < -0.39 is 12.0 Å². The number of methoxy groups -OCH3 is 2. The number of rotatable bonds is 4. The molecule has 0 saturated heterocycles. The summed E-state index contributed by atoms with van der Waals surface area (Å²) in [5.41, 5.74) is 6.16. The second kappa shape index (κ2) is 5.75. The topological polar surface area (TPSA) is 81.8 Å². The number of halogens is 1. The van der Waals surface area contributed by atoms with E-state index in [-0.39, 0.29) is 22.9 Å². The zero-order chi connectivity index (χ0) is 13.0. The van der Waals surface area contributed by atoms with Crippen molar-refractivity contribution in [3.8, 4) is 11.5 Å². The second-order valence-electron chi connectivity index (χ2n) is 3.42. The first-order valence-corrected chi connectivity index (χ1v) is 5.26. The van der Waals surface area contributed by atoms with Crippen LogP contribution in [0.15, 0.2) is 12.1 Å². The van der Waals surface area contributed by atoms with Crippen LogP contribution in [-0.4, -0.2) is 31.3 Å². The average molecular weight is 260 g/mol. The lowest BCUT2D eigenvalue weighted by molar-refractivity contribution is -0.142. The molecule has 17 heavy (non-hydrogen) atoms. The molecule has 1 aromatic rings. The van der Waals surface area contributed by atoms with E-state index in [1.807, 2.05) is 0 Å². The Morgan fingerprint density at radius 1 is 1.53 bits per heavy atom. The van der Waals surface area contributed by atoms with Crippen molar-refractivity contribution in [2.45, 2.75) is 12.5 Å². The van der Waals surface area contributed by atoms with E-state index in [0.717, 1.165) is 0 Å². The van der Waals surface area contributed by atoms with Gasteiger partial charge >= 0.3 is 5.97 Å². The normalized spacial score (nSPS) is 12.0. The molecule has 6 heteroatoms. The Labute approximate surface area is 104 Å². The maximum Gasteiger partial charge on any atom is 0.322 e. The van der Waals surface area contributed by atoms with Gasteiger partial charge in [-0.2, -0.15) is 0 Å². The van der Waals surface area contributed by atoms with E-state index in [4.69, 9.17) is 22.1 Å². The summed E-state index contributed by atoms with van der Waals surface area (Å²) >= 11 is 5.93. The minimum Gasteiger partial charge on any atom is -0.503 e. The number of ether oxygens (including phenoxy) is 2. The van der Waals surface area contributed by atoms with E-state index in [2.05, 4.69) is 4.74 Å². The van der Waals surface area contributed by atoms with Crippen LogP contribution in [0, 0.1) is 0 Å². The molecule has 0 heterocycles. The summed E-state index contributed by atoms with van der Waals surface area (Å²) < 4.78 is 9.40. The van der Waals surface area contributed by atoms with Crippen LogP contribution in [0.3, 0.4) is 0 Å². The lowest BCUT2D eigenvalue weighted by Gasteiger charge is -2.12. The predicted molar refractivity (Wildman–Crippen MR) is 63.4 cm³/mol. The summed E-state index contributed by atoms with van der Waals surface area (Å²) in [5, 5.41) is 9.80. The van der Waals surface area contributed by atoms with Crippen molar-refractivity contribution in [1.29, 1.82) is 0 Å². The number of carbonyl (C=O) groups excluding carboxylic acids is 1. The van der Waals surface area contributed by atoms with E-state index in [9.17, 15) is 9.90 Å². The van der Waals surface area contributed by atoms with Crippen LogP contribution in [0.4, 0.5) is 0 Å². The largest absolute Gasteiger partial charge is 0.503 e. The standard InChI is InChI=1S/C11H14ClNO4/c1-16-8-4-3-6(9(12)10(8)14)5-7(13)11(15)17-2/h3-4,7,14H,5,13H2,1-2H3/t7-/m1/s1. The number of benzene rings is 1. The van der Waals surface area contributed by atoms with Crippen molar-refractivity contribution in [2.24, 2.45) is 5.73 Å². The monoisotopic (exact) mass is 259 g/mol. The molecule has 0 radical (unpaired) electrons. The van der Waals surface area contributed by atoms with Gasteiger partial charge in [-0.05, 0) is 18.1 Å². The van der Waals surface area contributed by atoms with E-state index in [1.54, 1.807) is 12.1 Å². The van der Waals surface area contributed by atoms with Gasteiger partial charge in [-0.15, -0.1) is 0 Å². The molecule has 0 aliphatic heterocycles. The number of phenols is 1. The lowest BCUT2D eigenvalue weighted by atomic mass is 10.1. The Bertz CT molecular complexity index is 422. The molecule has 0 bridgehead atoms. The molecule has 0 aliphatic rings. The average Bonchev–Trinajstić information content (AvgIpc) is 2.34. The molecule has 0 saturated carbocycles. The van der Waals surface area contributed by atoms with Crippen LogP contribution < -0.4 is 10.5 Å². The van der Waals surface area contributed by atoms with E-state index in [0.29, 0.717) is 5.56 Å². The van der Waals surface area contributed by atoms with Gasteiger partial charge in [0, 0.05) is 0 Å². The first-order chi connectivity index (χ1) is 8.01. The third-order valence-corrected chi connectivity index (χ3v) is 2.74. The number of aromatic hydroxyl groups is 1. The summed E-state index contributed by atoms with van der Waals surface area (Å²) in [7, 11) is 2.68. The Morgan fingerprint density at radius 2 is 2.18 bits per heavy atom. The fourth-order valence-electron chi connectivity index (χ4n) is 1.38. The molecule has 94 valence electrons. The number of phenolic OH excluding ortho intramolecular Hbond substituents is 1. The van der Waals surface area contributed by atoms with Crippen LogP contribution >= 0.6 is 11.6 Å². The van der Waals surface area contributed by atoms with Crippen LogP contribution in [0.5, 0.6) is 11.5 Å². The quantitative estimate of drug-likeness (QED) is 0.792. The van der Waals surface area contributed by atoms with Gasteiger partial charge in [0.15, 0.2) is 11.5 Å². The molecular weight excluding hydrogens is 246 g/mol.